The van der Waals surface area contributed by atoms with Crippen LogP contribution in [-0.4, -0.2) is 42.5 Å². The van der Waals surface area contributed by atoms with E-state index in [9.17, 15) is 17.2 Å². The van der Waals surface area contributed by atoms with Crippen LogP contribution in [-0.2, 0) is 10.1 Å². The molecule has 0 aliphatic heterocycles. The third-order valence-corrected chi connectivity index (χ3v) is 2.04. The van der Waals surface area contributed by atoms with Gasteiger partial charge in [0.2, 0.25) is 0 Å². The predicted molar refractivity (Wildman–Crippen MR) is 43.3 cm³/mol. The zero-order valence-electron chi connectivity index (χ0n) is 5.66. The monoisotopic (exact) mass is 218 g/mol. The van der Waals surface area contributed by atoms with Gasteiger partial charge in [0, 0.05) is 0 Å². The molecule has 0 aromatic heterocycles. The van der Waals surface area contributed by atoms with Gasteiger partial charge in [-0.25, -0.2) is 8.78 Å². The van der Waals surface area contributed by atoms with E-state index < -0.39 is 26.6 Å². The molecule has 3 nitrogen and oxygen atoms in total. The molecule has 0 spiro atoms. The average molecular weight is 218 g/mol. The molecule has 0 atom stereocenters. The van der Waals surface area contributed by atoms with Crippen LogP contribution in [0, 0.1) is 11.6 Å². The first-order valence-electron chi connectivity index (χ1n) is 2.84. The van der Waals surface area contributed by atoms with Crippen LogP contribution in [0.4, 0.5) is 8.78 Å². The number of halogens is 2. The van der Waals surface area contributed by atoms with E-state index in [2.05, 4.69) is 0 Å². The molecule has 1 aromatic carbocycles. The summed E-state index contributed by atoms with van der Waals surface area (Å²) >= 11 is 0. The molecule has 1 rings (SSSR count). The summed E-state index contributed by atoms with van der Waals surface area (Å²) in [6.07, 6.45) is 0. The Bertz CT molecular complexity index is 404. The van der Waals surface area contributed by atoms with Gasteiger partial charge < -0.3 is 0 Å². The molecular weight excluding hydrogens is 213 g/mol. The van der Waals surface area contributed by atoms with E-state index in [1.165, 1.54) is 0 Å². The molecule has 0 saturated carbocycles. The zero-order valence-corrected chi connectivity index (χ0v) is 6.48. The van der Waals surface area contributed by atoms with E-state index in [1.54, 1.807) is 0 Å². The van der Waals surface area contributed by atoms with Gasteiger partial charge in [-0.15, -0.1) is 0 Å². The average Bonchev–Trinajstić information content (AvgIpc) is 1.92. The summed E-state index contributed by atoms with van der Waals surface area (Å²) in [5.41, 5.74) is 0. The molecule has 0 radical (unpaired) electrons. The second-order valence-electron chi connectivity index (χ2n) is 2.05. The molecule has 0 aliphatic carbocycles. The quantitative estimate of drug-likeness (QED) is 0.553. The van der Waals surface area contributed by atoms with E-state index in [0.29, 0.717) is 12.1 Å². The molecule has 13 heavy (non-hydrogen) atoms. The van der Waals surface area contributed by atoms with Gasteiger partial charge in [0.15, 0.2) is 11.6 Å². The van der Waals surface area contributed by atoms with Crippen molar-refractivity contribution in [2.75, 3.05) is 0 Å². The van der Waals surface area contributed by atoms with Crippen molar-refractivity contribution in [2.24, 2.45) is 0 Å². The van der Waals surface area contributed by atoms with Crippen molar-refractivity contribution in [3.8, 4) is 0 Å². The van der Waals surface area contributed by atoms with Gasteiger partial charge in [-0.3, -0.25) is 4.55 Å². The van der Waals surface area contributed by atoms with Gasteiger partial charge in [0.05, 0.1) is 4.90 Å². The summed E-state index contributed by atoms with van der Waals surface area (Å²) < 4.78 is 53.7. The van der Waals surface area contributed by atoms with Gasteiger partial charge in [-0.2, -0.15) is 8.42 Å². The summed E-state index contributed by atoms with van der Waals surface area (Å²) in [7, 11) is -4.45. The molecule has 0 bridgehead atoms. The fourth-order valence-corrected chi connectivity index (χ4v) is 1.13. The molecule has 7 heteroatoms. The maximum atomic E-state index is 12.4. The van der Waals surface area contributed by atoms with E-state index >= 15 is 0 Å². The Kier molecular flexibility index (Phi) is 4.47. The zero-order chi connectivity index (χ0) is 9.35. The van der Waals surface area contributed by atoms with Crippen molar-refractivity contribution in [1.82, 2.24) is 0 Å². The Labute approximate surface area is 95.8 Å². The van der Waals surface area contributed by atoms with Crippen LogP contribution in [0.2, 0.25) is 0 Å². The minimum atomic E-state index is -4.45. The van der Waals surface area contributed by atoms with Gasteiger partial charge in [0.25, 0.3) is 10.1 Å². The Morgan fingerprint density at radius 2 is 1.69 bits per heavy atom. The maximum absolute atomic E-state index is 12.4. The fraction of sp³-hybridized carbons (Fsp3) is 0. The van der Waals surface area contributed by atoms with Crippen LogP contribution < -0.4 is 0 Å². The van der Waals surface area contributed by atoms with Crippen LogP contribution >= 0.6 is 0 Å². The molecule has 0 fully saturated rings. The molecule has 0 amide bonds. The first kappa shape index (κ1) is 13.0. The molecule has 0 heterocycles. The van der Waals surface area contributed by atoms with Gasteiger partial charge >= 0.3 is 29.6 Å². The van der Waals surface area contributed by atoms with Crippen molar-refractivity contribution in [3.05, 3.63) is 29.8 Å². The molecule has 0 saturated heterocycles. The molecule has 68 valence electrons. The Balaban J connectivity index is 0.00000144. The summed E-state index contributed by atoms with van der Waals surface area (Å²) in [5, 5.41) is 0. The van der Waals surface area contributed by atoms with Crippen LogP contribution in [0.15, 0.2) is 23.1 Å². The number of hydrogen-bond donors (Lipinski definition) is 1. The van der Waals surface area contributed by atoms with Crippen LogP contribution in [0.3, 0.4) is 0 Å². The Hall–Kier alpha value is -0.0100. The second kappa shape index (κ2) is 4.47. The third kappa shape index (κ3) is 3.32. The number of rotatable bonds is 1. The summed E-state index contributed by atoms with van der Waals surface area (Å²) in [6, 6.07) is 1.80. The second-order valence-corrected chi connectivity index (χ2v) is 3.47. The SMILES string of the molecule is O=S(=O)(O)c1ccc(F)c(F)c1.[NaH]. The van der Waals surface area contributed by atoms with E-state index in [0.717, 1.165) is 6.07 Å². The van der Waals surface area contributed by atoms with Crippen LogP contribution in [0.25, 0.3) is 0 Å². The topological polar surface area (TPSA) is 54.4 Å². The van der Waals surface area contributed by atoms with E-state index in [-0.39, 0.29) is 29.6 Å². The minimum absolute atomic E-state index is 0. The van der Waals surface area contributed by atoms with Gasteiger partial charge in [-0.1, -0.05) is 0 Å². The van der Waals surface area contributed by atoms with E-state index in [1.807, 2.05) is 0 Å². The third-order valence-electron chi connectivity index (χ3n) is 1.19. The fourth-order valence-electron chi connectivity index (χ4n) is 0.637. The summed E-state index contributed by atoms with van der Waals surface area (Å²) in [6.45, 7) is 0. The van der Waals surface area contributed by atoms with E-state index in [4.69, 9.17) is 4.55 Å². The first-order chi connectivity index (χ1) is 5.41. The normalized spacial score (nSPS) is 10.7. The Morgan fingerprint density at radius 3 is 2.08 bits per heavy atom. The van der Waals surface area contributed by atoms with Crippen LogP contribution in [0.5, 0.6) is 0 Å². The molecular formula is C6H5F2NaO3S. The standard InChI is InChI=1S/C6H4F2O3S.Na.H/c7-5-2-1-4(3-6(5)8)12(9,10)11;;/h1-3H,(H,9,10,11);;. The van der Waals surface area contributed by atoms with Crippen molar-refractivity contribution >= 4 is 39.7 Å². The molecule has 1 aromatic rings. The number of hydrogen-bond acceptors (Lipinski definition) is 2. The van der Waals surface area contributed by atoms with Crippen LogP contribution in [0.1, 0.15) is 0 Å². The summed E-state index contributed by atoms with van der Waals surface area (Å²) in [4.78, 5) is -0.665. The molecule has 0 aliphatic rings. The number of benzene rings is 1. The summed E-state index contributed by atoms with van der Waals surface area (Å²) in [5.74, 6) is -2.48. The molecule has 0 unspecified atom stereocenters. The van der Waals surface area contributed by atoms with Crippen molar-refractivity contribution in [1.29, 1.82) is 0 Å². The van der Waals surface area contributed by atoms with Crippen molar-refractivity contribution < 1.29 is 21.8 Å². The van der Waals surface area contributed by atoms with Crippen molar-refractivity contribution in [3.63, 3.8) is 0 Å². The van der Waals surface area contributed by atoms with Crippen molar-refractivity contribution in [2.45, 2.75) is 4.90 Å². The Morgan fingerprint density at radius 1 is 1.15 bits per heavy atom. The van der Waals surface area contributed by atoms with Gasteiger partial charge in [-0.05, 0) is 18.2 Å². The predicted octanol–water partition coefficient (Wildman–Crippen LogP) is 0.563. The first-order valence-corrected chi connectivity index (χ1v) is 4.28. The molecule has 1 N–H and O–H groups in total. The van der Waals surface area contributed by atoms with Gasteiger partial charge in [0.1, 0.15) is 0 Å².